The Morgan fingerprint density at radius 2 is 1.76 bits per heavy atom. The summed E-state index contributed by atoms with van der Waals surface area (Å²) in [5, 5.41) is 2.93. The van der Waals surface area contributed by atoms with E-state index in [-0.39, 0.29) is 11.5 Å². The molecule has 34 heavy (non-hydrogen) atoms. The summed E-state index contributed by atoms with van der Waals surface area (Å²) in [6.45, 7) is 1.76. The van der Waals surface area contributed by atoms with E-state index in [4.69, 9.17) is 18.7 Å². The second-order valence-electron chi connectivity index (χ2n) is 7.24. The van der Waals surface area contributed by atoms with Gasteiger partial charge in [-0.05, 0) is 31.2 Å². The van der Waals surface area contributed by atoms with E-state index in [0.29, 0.717) is 51.4 Å². The lowest BCUT2D eigenvalue weighted by Gasteiger charge is -2.15. The third kappa shape index (κ3) is 4.72. The van der Waals surface area contributed by atoms with Gasteiger partial charge in [-0.3, -0.25) is 9.59 Å². The fourth-order valence-corrected chi connectivity index (χ4v) is 4.30. The highest BCUT2D eigenvalue weighted by Gasteiger charge is 2.18. The molecule has 0 saturated heterocycles. The van der Waals surface area contributed by atoms with Crippen LogP contribution in [0.3, 0.4) is 0 Å². The normalized spacial score (nSPS) is 10.8. The number of ether oxygens (including phenoxy) is 3. The number of carbonyl (C=O) groups excluding carboxylic acids is 1. The maximum atomic E-state index is 13.0. The van der Waals surface area contributed by atoms with E-state index in [9.17, 15) is 9.59 Å². The van der Waals surface area contributed by atoms with Crippen LogP contribution in [0.4, 0.5) is 5.69 Å². The van der Waals surface area contributed by atoms with E-state index in [1.165, 1.54) is 39.2 Å². The summed E-state index contributed by atoms with van der Waals surface area (Å²) in [6, 6.07) is 13.7. The molecule has 0 atom stereocenters. The van der Waals surface area contributed by atoms with Gasteiger partial charge in [0.25, 0.3) is 11.5 Å². The number of thioether (sulfide) groups is 1. The van der Waals surface area contributed by atoms with Crippen LogP contribution in [-0.4, -0.2) is 36.8 Å². The second kappa shape index (κ2) is 9.92. The quantitative estimate of drug-likeness (QED) is 0.374. The van der Waals surface area contributed by atoms with Crippen molar-refractivity contribution >= 4 is 29.0 Å². The van der Waals surface area contributed by atoms with Gasteiger partial charge in [-0.2, -0.15) is 0 Å². The zero-order valence-electron chi connectivity index (χ0n) is 19.1. The molecule has 10 heteroatoms. The second-order valence-corrected chi connectivity index (χ2v) is 8.25. The first-order valence-electron chi connectivity index (χ1n) is 10.3. The van der Waals surface area contributed by atoms with Crippen LogP contribution in [0.25, 0.3) is 5.65 Å². The standard InChI is InChI=1S/C24H23N3O6S/c1-14-9-21-25-16(12-22(28)27(21)33-14)13-34-20-8-6-5-7-17(20)26-24(29)15-10-18(30-2)23(32-4)19(11-15)31-3/h5-12H,13H2,1-4H3,(H,26,29). The van der Waals surface area contributed by atoms with Crippen molar-refractivity contribution in [1.82, 2.24) is 9.56 Å². The molecule has 0 unspecified atom stereocenters. The van der Waals surface area contributed by atoms with Crippen molar-refractivity contribution in [3.63, 3.8) is 0 Å². The molecule has 0 saturated carbocycles. The van der Waals surface area contributed by atoms with Gasteiger partial charge in [0.2, 0.25) is 5.75 Å². The van der Waals surface area contributed by atoms with Crippen LogP contribution in [-0.2, 0) is 5.75 Å². The zero-order chi connectivity index (χ0) is 24.2. The van der Waals surface area contributed by atoms with Gasteiger partial charge in [-0.1, -0.05) is 12.1 Å². The Kier molecular flexibility index (Phi) is 6.78. The number of methoxy groups -OCH3 is 3. The van der Waals surface area contributed by atoms with E-state index >= 15 is 0 Å². The monoisotopic (exact) mass is 481 g/mol. The van der Waals surface area contributed by atoms with Crippen LogP contribution in [0.1, 0.15) is 21.8 Å². The Labute approximate surface area is 199 Å². The van der Waals surface area contributed by atoms with Crippen molar-refractivity contribution in [3.8, 4) is 17.2 Å². The first kappa shape index (κ1) is 23.2. The van der Waals surface area contributed by atoms with Gasteiger partial charge in [0.1, 0.15) is 5.76 Å². The highest BCUT2D eigenvalue weighted by Crippen LogP contribution is 2.38. The topological polar surface area (TPSA) is 104 Å². The third-order valence-corrected chi connectivity index (χ3v) is 6.07. The average Bonchev–Trinajstić information content (AvgIpc) is 3.23. The summed E-state index contributed by atoms with van der Waals surface area (Å²) in [6.07, 6.45) is 0. The molecule has 0 spiro atoms. The van der Waals surface area contributed by atoms with E-state index in [2.05, 4.69) is 10.3 Å². The number of hydrogen-bond acceptors (Lipinski definition) is 8. The lowest BCUT2D eigenvalue weighted by atomic mass is 10.1. The molecule has 4 aromatic rings. The number of nitrogens with one attached hydrogen (secondary N) is 1. The first-order valence-corrected chi connectivity index (χ1v) is 11.2. The molecule has 1 N–H and O–H groups in total. The number of amides is 1. The molecule has 2 aromatic heterocycles. The predicted molar refractivity (Wildman–Crippen MR) is 129 cm³/mol. The summed E-state index contributed by atoms with van der Waals surface area (Å²) in [7, 11) is 4.49. The van der Waals surface area contributed by atoms with Gasteiger partial charge >= 0.3 is 0 Å². The molecule has 0 bridgehead atoms. The molecule has 9 nitrogen and oxygen atoms in total. The largest absolute Gasteiger partial charge is 0.493 e. The van der Waals surface area contributed by atoms with Crippen LogP contribution >= 0.6 is 11.8 Å². The molecule has 2 aromatic carbocycles. The SMILES string of the molecule is COc1cc(C(=O)Nc2ccccc2SCc2cc(=O)n3oc(C)cc3n2)cc(OC)c1OC. The number of hydrogen-bond donors (Lipinski definition) is 1. The smallest absolute Gasteiger partial charge is 0.287 e. The van der Waals surface area contributed by atoms with E-state index < -0.39 is 0 Å². The molecule has 0 fully saturated rings. The van der Waals surface area contributed by atoms with Crippen molar-refractivity contribution in [1.29, 1.82) is 0 Å². The van der Waals surface area contributed by atoms with Crippen molar-refractivity contribution in [2.45, 2.75) is 17.6 Å². The Morgan fingerprint density at radius 3 is 2.44 bits per heavy atom. The molecule has 1 amide bonds. The predicted octanol–water partition coefficient (Wildman–Crippen LogP) is 4.17. The van der Waals surface area contributed by atoms with Crippen LogP contribution < -0.4 is 25.1 Å². The fourth-order valence-electron chi connectivity index (χ4n) is 3.40. The number of nitrogens with zero attached hydrogens (tertiary/aromatic N) is 2. The van der Waals surface area contributed by atoms with Crippen molar-refractivity contribution in [3.05, 3.63) is 75.9 Å². The van der Waals surface area contributed by atoms with Gasteiger partial charge < -0.3 is 24.1 Å². The van der Waals surface area contributed by atoms with Crippen LogP contribution in [0.15, 0.2) is 62.7 Å². The molecular formula is C24H23N3O6S. The Bertz CT molecular complexity index is 1390. The molecular weight excluding hydrogens is 458 g/mol. The highest BCUT2D eigenvalue weighted by molar-refractivity contribution is 7.98. The Morgan fingerprint density at radius 1 is 1.06 bits per heavy atom. The maximum absolute atomic E-state index is 13.0. The van der Waals surface area contributed by atoms with Gasteiger partial charge in [-0.15, -0.1) is 16.3 Å². The number of aryl methyl sites for hydroxylation is 1. The number of fused-ring (bicyclic) bond motifs is 1. The third-order valence-electron chi connectivity index (χ3n) is 4.96. The summed E-state index contributed by atoms with van der Waals surface area (Å²) in [5.74, 6) is 1.89. The average molecular weight is 482 g/mol. The van der Waals surface area contributed by atoms with Crippen LogP contribution in [0.2, 0.25) is 0 Å². The Hall–Kier alpha value is -3.92. The van der Waals surface area contributed by atoms with Crippen molar-refractivity contribution in [2.75, 3.05) is 26.6 Å². The lowest BCUT2D eigenvalue weighted by molar-refractivity contribution is 0.102. The van der Waals surface area contributed by atoms with E-state index in [1.54, 1.807) is 25.1 Å². The summed E-state index contributed by atoms with van der Waals surface area (Å²) in [4.78, 5) is 30.6. The number of para-hydroxylation sites is 1. The maximum Gasteiger partial charge on any atom is 0.287 e. The summed E-state index contributed by atoms with van der Waals surface area (Å²) >= 11 is 1.46. The fraction of sp³-hybridized carbons (Fsp3) is 0.208. The van der Waals surface area contributed by atoms with Gasteiger partial charge in [0, 0.05) is 28.3 Å². The summed E-state index contributed by atoms with van der Waals surface area (Å²) in [5.41, 5.74) is 1.77. The minimum Gasteiger partial charge on any atom is -0.493 e. The molecule has 0 radical (unpaired) electrons. The number of anilines is 1. The van der Waals surface area contributed by atoms with E-state index in [0.717, 1.165) is 9.47 Å². The molecule has 2 heterocycles. The van der Waals surface area contributed by atoms with Crippen molar-refractivity contribution in [2.24, 2.45) is 0 Å². The Balaban J connectivity index is 1.55. The molecule has 0 aliphatic heterocycles. The minimum atomic E-state index is -0.334. The van der Waals surface area contributed by atoms with Crippen LogP contribution in [0.5, 0.6) is 17.2 Å². The number of aromatic nitrogens is 2. The lowest BCUT2D eigenvalue weighted by Crippen LogP contribution is -2.14. The molecule has 0 aliphatic rings. The first-order chi connectivity index (χ1) is 16.4. The van der Waals surface area contributed by atoms with Gasteiger partial charge in [0.05, 0.1) is 32.7 Å². The zero-order valence-corrected chi connectivity index (χ0v) is 19.9. The minimum absolute atomic E-state index is 0.280. The molecule has 0 aliphatic carbocycles. The summed E-state index contributed by atoms with van der Waals surface area (Å²) < 4.78 is 22.5. The van der Waals surface area contributed by atoms with Gasteiger partial charge in [-0.25, -0.2) is 4.98 Å². The number of rotatable bonds is 8. The van der Waals surface area contributed by atoms with E-state index in [1.807, 2.05) is 24.3 Å². The highest BCUT2D eigenvalue weighted by atomic mass is 32.2. The van der Waals surface area contributed by atoms with Gasteiger partial charge in [0.15, 0.2) is 17.1 Å². The molecule has 4 rings (SSSR count). The van der Waals surface area contributed by atoms with Crippen LogP contribution in [0, 0.1) is 6.92 Å². The molecule has 176 valence electrons. The number of carbonyl (C=O) groups is 1. The number of benzene rings is 2. The van der Waals surface area contributed by atoms with Crippen molar-refractivity contribution < 1.29 is 23.5 Å².